The third kappa shape index (κ3) is 3.42. The first-order chi connectivity index (χ1) is 11.9. The maximum atomic E-state index is 13.4. The molecular weight excluding hydrogens is 325 g/mol. The minimum Gasteiger partial charge on any atom is -0.354 e. The van der Waals surface area contributed by atoms with E-state index in [4.69, 9.17) is 5.73 Å². The van der Waals surface area contributed by atoms with Crippen LogP contribution in [-0.2, 0) is 12.6 Å². The van der Waals surface area contributed by atoms with Crippen LogP contribution in [0, 0.1) is 6.92 Å². The zero-order valence-electron chi connectivity index (χ0n) is 14.1. The lowest BCUT2D eigenvalue weighted by Crippen LogP contribution is -2.05. The third-order valence-corrected chi connectivity index (χ3v) is 4.54. The Kier molecular flexibility index (Phi) is 4.86. The molecule has 2 nitrogen and oxygen atoms in total. The Balaban J connectivity index is 2.24. The van der Waals surface area contributed by atoms with Crippen molar-refractivity contribution in [2.75, 3.05) is 6.54 Å². The fraction of sp³-hybridized carbons (Fsp3) is 0.300. The number of aromatic nitrogens is 1. The molecule has 0 aliphatic rings. The number of benzene rings is 2. The molecule has 0 amide bonds. The Bertz CT molecular complexity index is 878. The number of para-hydroxylation sites is 1. The zero-order valence-corrected chi connectivity index (χ0v) is 14.1. The number of alkyl halides is 3. The maximum absolute atomic E-state index is 13.4. The van der Waals surface area contributed by atoms with Gasteiger partial charge in [0.25, 0.3) is 0 Å². The van der Waals surface area contributed by atoms with Gasteiger partial charge in [-0.15, -0.1) is 0 Å². The molecule has 3 aromatic rings. The SMILES string of the molecule is Cc1ccccc1-c1[nH]c2c(C(F)(F)F)cccc2c1CCCCN. The van der Waals surface area contributed by atoms with E-state index in [1.807, 2.05) is 31.2 Å². The quantitative estimate of drug-likeness (QED) is 0.593. The second-order valence-corrected chi connectivity index (χ2v) is 6.27. The number of aromatic amines is 1. The minimum absolute atomic E-state index is 0.163. The molecule has 0 saturated heterocycles. The Morgan fingerprint density at radius 3 is 2.44 bits per heavy atom. The standard InChI is InChI=1S/C20H21F3N2/c1-13-7-2-3-8-14(13)18-15(9-4-5-12-24)16-10-6-11-17(19(16)25-18)20(21,22)23/h2-3,6-8,10-11,25H,4-5,9,12,24H2,1H3. The summed E-state index contributed by atoms with van der Waals surface area (Å²) in [6, 6.07) is 12.1. The number of fused-ring (bicyclic) bond motifs is 1. The number of halogens is 3. The maximum Gasteiger partial charge on any atom is 0.418 e. The number of nitrogens with two attached hydrogens (primary N) is 1. The van der Waals surface area contributed by atoms with Crippen molar-refractivity contribution in [3.05, 3.63) is 59.2 Å². The van der Waals surface area contributed by atoms with Crippen LogP contribution in [0.4, 0.5) is 13.2 Å². The van der Waals surface area contributed by atoms with Gasteiger partial charge < -0.3 is 10.7 Å². The van der Waals surface area contributed by atoms with Gasteiger partial charge in [0, 0.05) is 16.6 Å². The molecule has 1 aromatic heterocycles. The molecule has 0 spiro atoms. The van der Waals surface area contributed by atoms with Crippen molar-refractivity contribution >= 4 is 10.9 Å². The number of H-pyrrole nitrogens is 1. The molecule has 0 bridgehead atoms. The molecule has 3 N–H and O–H groups in total. The van der Waals surface area contributed by atoms with Crippen LogP contribution in [0.2, 0.25) is 0 Å². The lowest BCUT2D eigenvalue weighted by atomic mass is 9.97. The highest BCUT2D eigenvalue weighted by Gasteiger charge is 2.34. The van der Waals surface area contributed by atoms with Crippen molar-refractivity contribution in [1.29, 1.82) is 0 Å². The normalized spacial score (nSPS) is 12.0. The van der Waals surface area contributed by atoms with Crippen molar-refractivity contribution in [3.8, 4) is 11.3 Å². The van der Waals surface area contributed by atoms with Crippen LogP contribution in [0.3, 0.4) is 0 Å². The van der Waals surface area contributed by atoms with E-state index in [0.717, 1.165) is 41.3 Å². The van der Waals surface area contributed by atoms with Gasteiger partial charge in [0.1, 0.15) is 0 Å². The topological polar surface area (TPSA) is 41.8 Å². The summed E-state index contributed by atoms with van der Waals surface area (Å²) in [5.74, 6) is 0. The van der Waals surface area contributed by atoms with Crippen LogP contribution in [0.25, 0.3) is 22.2 Å². The molecule has 0 aliphatic heterocycles. The molecule has 0 fully saturated rings. The molecule has 132 valence electrons. The lowest BCUT2D eigenvalue weighted by Gasteiger charge is -2.08. The van der Waals surface area contributed by atoms with Crippen molar-refractivity contribution in [2.45, 2.75) is 32.4 Å². The smallest absolute Gasteiger partial charge is 0.354 e. The Labute approximate surface area is 144 Å². The zero-order chi connectivity index (χ0) is 18.0. The largest absolute Gasteiger partial charge is 0.418 e. The Morgan fingerprint density at radius 1 is 1.00 bits per heavy atom. The van der Waals surface area contributed by atoms with Crippen molar-refractivity contribution in [1.82, 2.24) is 4.98 Å². The van der Waals surface area contributed by atoms with Gasteiger partial charge in [-0.05, 0) is 49.9 Å². The first-order valence-corrected chi connectivity index (χ1v) is 8.40. The molecule has 0 saturated carbocycles. The molecule has 0 radical (unpaired) electrons. The predicted octanol–water partition coefficient (Wildman–Crippen LogP) is 5.44. The molecule has 0 atom stereocenters. The van der Waals surface area contributed by atoms with Crippen molar-refractivity contribution in [3.63, 3.8) is 0 Å². The van der Waals surface area contributed by atoms with Gasteiger partial charge in [-0.2, -0.15) is 13.2 Å². The van der Waals surface area contributed by atoms with Crippen LogP contribution in [0.1, 0.15) is 29.5 Å². The molecule has 1 heterocycles. The second-order valence-electron chi connectivity index (χ2n) is 6.27. The number of aryl methyl sites for hydroxylation is 2. The van der Waals surface area contributed by atoms with Gasteiger partial charge in [-0.3, -0.25) is 0 Å². The first kappa shape index (κ1) is 17.5. The number of nitrogens with one attached hydrogen (secondary N) is 1. The summed E-state index contributed by atoms with van der Waals surface area (Å²) < 4.78 is 40.2. The molecule has 2 aromatic carbocycles. The average Bonchev–Trinajstić information content (AvgIpc) is 2.93. The summed E-state index contributed by atoms with van der Waals surface area (Å²) in [4.78, 5) is 3.07. The molecule has 3 rings (SSSR count). The predicted molar refractivity (Wildman–Crippen MR) is 95.5 cm³/mol. The number of unbranched alkanes of at least 4 members (excludes halogenated alkanes) is 1. The number of hydrogen-bond donors (Lipinski definition) is 2. The second kappa shape index (κ2) is 6.92. The van der Waals surface area contributed by atoms with Crippen LogP contribution >= 0.6 is 0 Å². The first-order valence-electron chi connectivity index (χ1n) is 8.40. The molecule has 0 aliphatic carbocycles. The fourth-order valence-electron chi connectivity index (χ4n) is 3.30. The van der Waals surface area contributed by atoms with E-state index in [9.17, 15) is 13.2 Å². The van der Waals surface area contributed by atoms with Gasteiger partial charge in [0.05, 0.1) is 11.1 Å². The summed E-state index contributed by atoms with van der Waals surface area (Å²) in [7, 11) is 0. The average molecular weight is 346 g/mol. The molecule has 5 heteroatoms. The highest BCUT2D eigenvalue weighted by Crippen LogP contribution is 2.39. The van der Waals surface area contributed by atoms with E-state index >= 15 is 0 Å². The summed E-state index contributed by atoms with van der Waals surface area (Å²) >= 11 is 0. The molecular formula is C20H21F3N2. The highest BCUT2D eigenvalue weighted by atomic mass is 19.4. The van der Waals surface area contributed by atoms with E-state index < -0.39 is 11.7 Å². The number of hydrogen-bond acceptors (Lipinski definition) is 1. The van der Waals surface area contributed by atoms with Gasteiger partial charge >= 0.3 is 6.18 Å². The number of rotatable bonds is 5. The van der Waals surface area contributed by atoms with Gasteiger partial charge in [-0.1, -0.05) is 36.4 Å². The van der Waals surface area contributed by atoms with E-state index in [0.29, 0.717) is 18.4 Å². The van der Waals surface area contributed by atoms with E-state index in [1.54, 1.807) is 6.07 Å². The van der Waals surface area contributed by atoms with Crippen molar-refractivity contribution < 1.29 is 13.2 Å². The van der Waals surface area contributed by atoms with E-state index in [2.05, 4.69) is 4.98 Å². The third-order valence-electron chi connectivity index (χ3n) is 4.54. The lowest BCUT2D eigenvalue weighted by molar-refractivity contribution is -0.136. The summed E-state index contributed by atoms with van der Waals surface area (Å²) in [6.45, 7) is 2.55. The Hall–Kier alpha value is -2.27. The van der Waals surface area contributed by atoms with Gasteiger partial charge in [0.15, 0.2) is 0 Å². The summed E-state index contributed by atoms with van der Waals surface area (Å²) in [6.07, 6.45) is -2.00. The van der Waals surface area contributed by atoms with Gasteiger partial charge in [-0.25, -0.2) is 0 Å². The molecule has 25 heavy (non-hydrogen) atoms. The fourth-order valence-corrected chi connectivity index (χ4v) is 3.30. The summed E-state index contributed by atoms with van der Waals surface area (Å²) in [5, 5.41) is 0.644. The highest BCUT2D eigenvalue weighted by molar-refractivity contribution is 5.93. The monoisotopic (exact) mass is 346 g/mol. The van der Waals surface area contributed by atoms with Crippen molar-refractivity contribution in [2.24, 2.45) is 5.73 Å². The van der Waals surface area contributed by atoms with Crippen LogP contribution < -0.4 is 5.73 Å². The van der Waals surface area contributed by atoms with Gasteiger partial charge in [0.2, 0.25) is 0 Å². The van der Waals surface area contributed by atoms with Crippen LogP contribution in [0.15, 0.2) is 42.5 Å². The van der Waals surface area contributed by atoms with E-state index in [-0.39, 0.29) is 5.52 Å². The van der Waals surface area contributed by atoms with Crippen LogP contribution in [-0.4, -0.2) is 11.5 Å². The Morgan fingerprint density at radius 2 is 1.76 bits per heavy atom. The molecule has 0 unspecified atom stereocenters. The van der Waals surface area contributed by atoms with Crippen LogP contribution in [0.5, 0.6) is 0 Å². The summed E-state index contributed by atoms with van der Waals surface area (Å²) in [5.41, 5.74) is 8.80. The van der Waals surface area contributed by atoms with E-state index in [1.165, 1.54) is 6.07 Å². The minimum atomic E-state index is -4.39.